The SMILES string of the molecule is CC.CC.[3H]C([B])F. The second-order valence-electron chi connectivity index (χ2n) is 0.126. The molecule has 0 N–H and O–H groups in total. The summed E-state index contributed by atoms with van der Waals surface area (Å²) < 4.78 is 16.1. The van der Waals surface area contributed by atoms with Crippen molar-refractivity contribution in [1.82, 2.24) is 0 Å². The van der Waals surface area contributed by atoms with Crippen LogP contribution in [0.5, 0.6) is 0 Å². The zero-order valence-corrected chi connectivity index (χ0v) is 5.53. The van der Waals surface area contributed by atoms with E-state index in [-0.39, 0.29) is 0 Å². The van der Waals surface area contributed by atoms with Crippen molar-refractivity contribution in [2.24, 2.45) is 0 Å². The minimum absolute atomic E-state index is 1.92. The molecule has 0 amide bonds. The molecule has 0 aliphatic carbocycles. The molecular formula is C5H14BF. The van der Waals surface area contributed by atoms with E-state index in [9.17, 15) is 4.39 Å². The predicted molar refractivity (Wildman–Crippen MR) is 34.4 cm³/mol. The maximum absolute atomic E-state index is 10.4. The molecule has 1 atom stereocenters. The molecule has 2 radical (unpaired) electrons. The molecule has 0 aromatic heterocycles. The van der Waals surface area contributed by atoms with Crippen molar-refractivity contribution in [3.63, 3.8) is 0 Å². The van der Waals surface area contributed by atoms with Crippen molar-refractivity contribution in [3.05, 3.63) is 0 Å². The van der Waals surface area contributed by atoms with Crippen LogP contribution in [-0.2, 0) is 0 Å². The molecule has 0 rings (SSSR count). The molecule has 0 fully saturated rings. The van der Waals surface area contributed by atoms with Crippen molar-refractivity contribution in [1.29, 1.82) is 0 Å². The van der Waals surface area contributed by atoms with Gasteiger partial charge in [0, 0.05) is 6.55 Å². The van der Waals surface area contributed by atoms with Gasteiger partial charge in [0.25, 0.3) is 0 Å². The Bertz CT molecular complexity index is 17.1. The summed E-state index contributed by atoms with van der Waals surface area (Å²) in [5, 5.41) is 0. The van der Waals surface area contributed by atoms with E-state index in [0.29, 0.717) is 0 Å². The van der Waals surface area contributed by atoms with Crippen molar-refractivity contribution in [2.75, 3.05) is 6.55 Å². The van der Waals surface area contributed by atoms with Crippen LogP contribution in [-0.4, -0.2) is 14.4 Å². The van der Waals surface area contributed by atoms with E-state index in [1.54, 1.807) is 0 Å². The van der Waals surface area contributed by atoms with Crippen LogP contribution < -0.4 is 0 Å². The quantitative estimate of drug-likeness (QED) is 0.415. The van der Waals surface area contributed by atoms with Gasteiger partial charge >= 0.3 is 0 Å². The largest absolute Gasteiger partial charge is 0.262 e. The molecule has 0 saturated heterocycles. The standard InChI is InChI=1S/2C2H6.CH2BF/c2*1-2;2-1-3/h2*1-2H3;1H2/i;;1T. The molecule has 0 aliphatic heterocycles. The second-order valence-corrected chi connectivity index (χ2v) is 0.126. The van der Waals surface area contributed by atoms with Crippen molar-refractivity contribution < 1.29 is 5.76 Å². The van der Waals surface area contributed by atoms with Crippen LogP contribution in [0.3, 0.4) is 0 Å². The average molecular weight is 106 g/mol. The molecule has 44 valence electrons. The Morgan fingerprint density at radius 3 is 1.43 bits per heavy atom. The van der Waals surface area contributed by atoms with Crippen molar-refractivity contribution in [2.45, 2.75) is 27.7 Å². The smallest absolute Gasteiger partial charge is 0.111 e. The number of rotatable bonds is 0. The topological polar surface area (TPSA) is 0 Å². The minimum atomic E-state index is -1.92. The summed E-state index contributed by atoms with van der Waals surface area (Å²) in [7, 11) is 4.11. The molecule has 2 heteroatoms. The zero-order valence-electron chi connectivity index (χ0n) is 6.53. The third kappa shape index (κ3) is 3730000. The highest BCUT2D eigenvalue weighted by molar-refractivity contribution is 6.07. The molecular weight excluding hydrogens is 89.9 g/mol. The highest BCUT2D eigenvalue weighted by Crippen LogP contribution is 1.39. The van der Waals surface area contributed by atoms with Gasteiger partial charge in [-0.25, -0.2) is 0 Å². The Morgan fingerprint density at radius 1 is 1.43 bits per heavy atom. The van der Waals surface area contributed by atoms with Gasteiger partial charge in [0.1, 0.15) is 7.85 Å². The van der Waals surface area contributed by atoms with Crippen LogP contribution in [0.25, 0.3) is 0 Å². The lowest BCUT2D eigenvalue weighted by Crippen LogP contribution is -1.56. The molecule has 0 heterocycles. The Kier molecular flexibility index (Phi) is 217. The first-order valence-corrected chi connectivity index (χ1v) is 2.55. The highest BCUT2D eigenvalue weighted by Gasteiger charge is 1.41. The number of halogens is 1. The Hall–Kier alpha value is -0.00506. The number of hydrogen-bond acceptors (Lipinski definition) is 0. The first kappa shape index (κ1) is 10.1. The van der Waals surface area contributed by atoms with Crippen LogP contribution in [0.15, 0.2) is 0 Å². The Morgan fingerprint density at radius 2 is 1.43 bits per heavy atom. The number of hydrogen-bond donors (Lipinski definition) is 0. The highest BCUT2D eigenvalue weighted by atomic mass is 19.1. The molecule has 0 saturated carbocycles. The molecule has 0 nitrogen and oxygen atoms in total. The lowest BCUT2D eigenvalue weighted by molar-refractivity contribution is 0.598. The van der Waals surface area contributed by atoms with E-state index < -0.39 is 6.55 Å². The van der Waals surface area contributed by atoms with Gasteiger partial charge in [0.2, 0.25) is 0 Å². The zero-order chi connectivity index (χ0) is 7.58. The summed E-state index contributed by atoms with van der Waals surface area (Å²) in [6, 6.07) is 0. The molecule has 7 heavy (non-hydrogen) atoms. The summed E-state index contributed by atoms with van der Waals surface area (Å²) in [4.78, 5) is 0. The Labute approximate surface area is 48.9 Å². The minimum Gasteiger partial charge on any atom is -0.262 e. The van der Waals surface area contributed by atoms with E-state index in [1.807, 2.05) is 27.7 Å². The van der Waals surface area contributed by atoms with E-state index in [0.717, 1.165) is 0 Å². The van der Waals surface area contributed by atoms with E-state index in [2.05, 4.69) is 7.85 Å². The normalized spacial score (nSPS) is 10.7. The fourth-order valence-corrected chi connectivity index (χ4v) is 0. The summed E-state index contributed by atoms with van der Waals surface area (Å²) in [6.45, 7) is 6.08. The van der Waals surface area contributed by atoms with E-state index >= 15 is 0 Å². The average Bonchev–Trinajstić information content (AvgIpc) is 1.75. The molecule has 0 spiro atoms. The monoisotopic (exact) mass is 106 g/mol. The summed E-state index contributed by atoms with van der Waals surface area (Å²) >= 11 is 0. The van der Waals surface area contributed by atoms with Crippen molar-refractivity contribution in [3.8, 4) is 0 Å². The van der Waals surface area contributed by atoms with Gasteiger partial charge in [0.15, 0.2) is 0 Å². The van der Waals surface area contributed by atoms with E-state index in [4.69, 9.17) is 1.37 Å². The lowest BCUT2D eigenvalue weighted by atomic mass is 10.2. The van der Waals surface area contributed by atoms with Crippen LogP contribution >= 0.6 is 0 Å². The first-order valence-electron chi connectivity index (χ1n) is 3.13. The van der Waals surface area contributed by atoms with Crippen LogP contribution in [0.4, 0.5) is 4.39 Å². The van der Waals surface area contributed by atoms with Crippen molar-refractivity contribution >= 4 is 7.85 Å². The molecule has 0 aliphatic rings. The van der Waals surface area contributed by atoms with Crippen LogP contribution in [0.2, 0.25) is 0 Å². The van der Waals surface area contributed by atoms with Gasteiger partial charge in [-0.3, -0.25) is 4.39 Å². The van der Waals surface area contributed by atoms with Gasteiger partial charge in [-0.1, -0.05) is 27.7 Å². The van der Waals surface area contributed by atoms with Crippen LogP contribution in [0.1, 0.15) is 29.1 Å². The fraction of sp³-hybridized carbons (Fsp3) is 1.00. The van der Waals surface area contributed by atoms with Gasteiger partial charge in [0.05, 0.1) is 1.37 Å². The van der Waals surface area contributed by atoms with Crippen LogP contribution in [0, 0.1) is 0 Å². The van der Waals surface area contributed by atoms with E-state index in [1.165, 1.54) is 0 Å². The maximum Gasteiger partial charge on any atom is 0.111 e. The molecule has 0 bridgehead atoms. The Balaban J connectivity index is -0.0000000542. The first-order chi connectivity index (χ1) is 3.73. The van der Waals surface area contributed by atoms with Gasteiger partial charge in [-0.15, -0.1) is 0 Å². The third-order valence-corrected chi connectivity index (χ3v) is 0. The molecule has 1 unspecified atom stereocenters. The van der Waals surface area contributed by atoms with Gasteiger partial charge in [-0.2, -0.15) is 0 Å². The second kappa shape index (κ2) is 151. The summed E-state index contributed by atoms with van der Waals surface area (Å²) in [5.41, 5.74) is 0. The maximum atomic E-state index is 10.4. The fourth-order valence-electron chi connectivity index (χ4n) is 0. The third-order valence-electron chi connectivity index (χ3n) is 0. The molecule has 0 aromatic rings. The lowest BCUT2D eigenvalue weighted by Gasteiger charge is -1.44. The summed E-state index contributed by atoms with van der Waals surface area (Å²) in [5.74, 6) is 0. The predicted octanol–water partition coefficient (Wildman–Crippen LogP) is 2.13. The summed E-state index contributed by atoms with van der Waals surface area (Å²) in [6.07, 6.45) is 0. The molecule has 0 aromatic carbocycles. The van der Waals surface area contributed by atoms with Gasteiger partial charge < -0.3 is 0 Å². The van der Waals surface area contributed by atoms with Gasteiger partial charge in [-0.05, 0) is 0 Å². The number of alkyl halides is 1.